The first-order valence-electron chi connectivity index (χ1n) is 9.96. The number of anilines is 1. The average molecular weight is 522 g/mol. The van der Waals surface area contributed by atoms with Crippen molar-refractivity contribution in [3.8, 4) is 0 Å². The van der Waals surface area contributed by atoms with Crippen molar-refractivity contribution in [2.75, 3.05) is 18.2 Å². The van der Waals surface area contributed by atoms with E-state index in [1.807, 2.05) is 0 Å². The number of methoxy groups -OCH3 is 1. The lowest BCUT2D eigenvalue weighted by molar-refractivity contribution is -0.113. The molecule has 2 N–H and O–H groups in total. The van der Waals surface area contributed by atoms with E-state index in [-0.39, 0.29) is 28.2 Å². The first-order valence-corrected chi connectivity index (χ1v) is 11.7. The van der Waals surface area contributed by atoms with Gasteiger partial charge in [0.15, 0.2) is 11.0 Å². The minimum absolute atomic E-state index is 0.0304. The fourth-order valence-corrected chi connectivity index (χ4v) is 4.25. The van der Waals surface area contributed by atoms with Gasteiger partial charge in [0, 0.05) is 12.1 Å². The Morgan fingerprint density at radius 1 is 1.12 bits per heavy atom. The maximum Gasteiger partial charge on any atom is 0.339 e. The van der Waals surface area contributed by atoms with Gasteiger partial charge in [-0.25, -0.2) is 4.79 Å². The second-order valence-corrected chi connectivity index (χ2v) is 8.88. The zero-order valence-corrected chi connectivity index (χ0v) is 20.8. The van der Waals surface area contributed by atoms with Crippen LogP contribution in [0.25, 0.3) is 0 Å². The summed E-state index contributed by atoms with van der Waals surface area (Å²) < 4.78 is 6.43. The molecule has 0 unspecified atom stereocenters. The molecule has 9 nitrogen and oxygen atoms in total. The van der Waals surface area contributed by atoms with Crippen LogP contribution in [0.3, 0.4) is 0 Å². The number of amides is 2. The summed E-state index contributed by atoms with van der Waals surface area (Å²) in [5.41, 5.74) is 0.907. The predicted octanol–water partition coefficient (Wildman–Crippen LogP) is 4.13. The van der Waals surface area contributed by atoms with Gasteiger partial charge in [0.05, 0.1) is 40.7 Å². The van der Waals surface area contributed by atoms with Crippen LogP contribution in [0.1, 0.15) is 39.5 Å². The molecule has 1 heterocycles. The minimum Gasteiger partial charge on any atom is -0.465 e. The molecule has 0 spiro atoms. The maximum atomic E-state index is 12.6. The molecule has 178 valence electrons. The lowest BCUT2D eigenvalue weighted by Gasteiger charge is -2.14. The van der Waals surface area contributed by atoms with E-state index in [9.17, 15) is 14.4 Å². The lowest BCUT2D eigenvalue weighted by atomic mass is 10.2. The number of halogens is 2. The second-order valence-electron chi connectivity index (χ2n) is 7.09. The number of para-hydroxylation sites is 1. The predicted molar refractivity (Wildman–Crippen MR) is 130 cm³/mol. The Labute approximate surface area is 210 Å². The Hall–Kier alpha value is -3.08. The van der Waals surface area contributed by atoms with E-state index in [0.717, 1.165) is 11.8 Å². The van der Waals surface area contributed by atoms with Crippen LogP contribution in [0.2, 0.25) is 10.0 Å². The Morgan fingerprint density at radius 2 is 1.85 bits per heavy atom. The largest absolute Gasteiger partial charge is 0.465 e. The van der Waals surface area contributed by atoms with E-state index in [1.165, 1.54) is 13.2 Å². The Kier molecular flexibility index (Phi) is 8.54. The van der Waals surface area contributed by atoms with Crippen LogP contribution in [-0.2, 0) is 16.6 Å². The number of aromatic nitrogens is 3. The second kappa shape index (κ2) is 11.4. The number of ether oxygens (including phenoxy) is 1. The van der Waals surface area contributed by atoms with Crippen molar-refractivity contribution in [1.82, 2.24) is 20.1 Å². The number of benzene rings is 2. The monoisotopic (exact) mass is 521 g/mol. The number of thioether (sulfide) groups is 1. The van der Waals surface area contributed by atoms with Gasteiger partial charge in [-0.15, -0.1) is 10.2 Å². The summed E-state index contributed by atoms with van der Waals surface area (Å²) in [4.78, 5) is 36.9. The van der Waals surface area contributed by atoms with Gasteiger partial charge in [0.2, 0.25) is 5.91 Å². The Balaban J connectivity index is 1.61. The summed E-state index contributed by atoms with van der Waals surface area (Å²) >= 11 is 13.2. The molecule has 0 bridgehead atoms. The maximum absolute atomic E-state index is 12.6. The van der Waals surface area contributed by atoms with Gasteiger partial charge >= 0.3 is 5.97 Å². The molecular formula is C22H21Cl2N5O4S. The van der Waals surface area contributed by atoms with Gasteiger partial charge in [-0.1, -0.05) is 47.1 Å². The molecule has 2 aromatic carbocycles. The lowest BCUT2D eigenvalue weighted by Crippen LogP contribution is -2.28. The van der Waals surface area contributed by atoms with Crippen molar-refractivity contribution in [3.63, 3.8) is 0 Å². The standard InChI is InChI=1S/C22H21Cl2N5O4S/c1-12(25-20(31)14-9-8-13(23)10-16(14)24)19-27-28-22(29(19)2)34-11-18(30)26-17-7-5-4-6-15(17)21(32)33-3/h4-10,12H,11H2,1-3H3,(H,25,31)(H,26,30)/t12-/m1/s1. The molecule has 1 aromatic heterocycles. The molecule has 0 aliphatic rings. The third-order valence-corrected chi connectivity index (χ3v) is 6.29. The molecule has 1 atom stereocenters. The molecule has 0 radical (unpaired) electrons. The molecule has 2 amide bonds. The van der Waals surface area contributed by atoms with E-state index in [4.69, 9.17) is 27.9 Å². The molecule has 0 fully saturated rings. The Bertz CT molecular complexity index is 1230. The van der Waals surface area contributed by atoms with Crippen LogP contribution in [0.5, 0.6) is 0 Å². The summed E-state index contributed by atoms with van der Waals surface area (Å²) in [6, 6.07) is 10.7. The SMILES string of the molecule is COC(=O)c1ccccc1NC(=O)CSc1nnc([C@@H](C)NC(=O)c2ccc(Cl)cc2Cl)n1C. The average Bonchev–Trinajstić information content (AvgIpc) is 3.17. The van der Waals surface area contributed by atoms with Gasteiger partial charge in [0.1, 0.15) is 0 Å². The van der Waals surface area contributed by atoms with Crippen molar-refractivity contribution < 1.29 is 19.1 Å². The van der Waals surface area contributed by atoms with Crippen molar-refractivity contribution in [3.05, 3.63) is 69.5 Å². The molecule has 0 saturated heterocycles. The highest BCUT2D eigenvalue weighted by Crippen LogP contribution is 2.23. The number of rotatable bonds is 8. The summed E-state index contributed by atoms with van der Waals surface area (Å²) in [5, 5.41) is 14.9. The molecule has 3 aromatic rings. The number of hydrogen-bond acceptors (Lipinski definition) is 7. The molecule has 0 aliphatic carbocycles. The van der Waals surface area contributed by atoms with Crippen LogP contribution in [-0.4, -0.2) is 45.4 Å². The Morgan fingerprint density at radius 3 is 2.56 bits per heavy atom. The number of carbonyl (C=O) groups excluding carboxylic acids is 3. The van der Waals surface area contributed by atoms with E-state index >= 15 is 0 Å². The van der Waals surface area contributed by atoms with E-state index in [1.54, 1.807) is 54.9 Å². The van der Waals surface area contributed by atoms with E-state index in [2.05, 4.69) is 20.8 Å². The summed E-state index contributed by atoms with van der Waals surface area (Å²) in [5.74, 6) is -0.725. The summed E-state index contributed by atoms with van der Waals surface area (Å²) in [6.07, 6.45) is 0. The van der Waals surface area contributed by atoms with Crippen molar-refractivity contribution in [1.29, 1.82) is 0 Å². The third-order valence-electron chi connectivity index (χ3n) is 4.72. The smallest absolute Gasteiger partial charge is 0.339 e. The van der Waals surface area contributed by atoms with Gasteiger partial charge in [-0.3, -0.25) is 9.59 Å². The topological polar surface area (TPSA) is 115 Å². The number of nitrogens with one attached hydrogen (secondary N) is 2. The highest BCUT2D eigenvalue weighted by molar-refractivity contribution is 7.99. The van der Waals surface area contributed by atoms with E-state index < -0.39 is 12.0 Å². The van der Waals surface area contributed by atoms with Crippen LogP contribution in [0.15, 0.2) is 47.6 Å². The first-order chi connectivity index (χ1) is 16.2. The highest BCUT2D eigenvalue weighted by Gasteiger charge is 2.21. The summed E-state index contributed by atoms with van der Waals surface area (Å²) in [6.45, 7) is 1.76. The van der Waals surface area contributed by atoms with E-state index in [0.29, 0.717) is 27.3 Å². The molecule has 12 heteroatoms. The fourth-order valence-electron chi connectivity index (χ4n) is 3.04. The summed E-state index contributed by atoms with van der Waals surface area (Å²) in [7, 11) is 3.01. The normalized spacial score (nSPS) is 11.6. The first kappa shape index (κ1) is 25.5. The molecular weight excluding hydrogens is 501 g/mol. The number of carbonyl (C=O) groups is 3. The molecule has 0 aliphatic heterocycles. The van der Waals surface area contributed by atoms with Crippen molar-refractivity contribution >= 4 is 58.4 Å². The third kappa shape index (κ3) is 6.07. The highest BCUT2D eigenvalue weighted by atomic mass is 35.5. The van der Waals surface area contributed by atoms with Crippen LogP contribution >= 0.6 is 35.0 Å². The number of esters is 1. The molecule has 34 heavy (non-hydrogen) atoms. The minimum atomic E-state index is -0.544. The zero-order chi connectivity index (χ0) is 24.8. The molecule has 3 rings (SSSR count). The zero-order valence-electron chi connectivity index (χ0n) is 18.5. The van der Waals surface area contributed by atoms with Gasteiger partial charge < -0.3 is 19.9 Å². The van der Waals surface area contributed by atoms with Crippen LogP contribution in [0, 0.1) is 0 Å². The van der Waals surface area contributed by atoms with Gasteiger partial charge in [0.25, 0.3) is 5.91 Å². The van der Waals surface area contributed by atoms with Crippen molar-refractivity contribution in [2.45, 2.75) is 18.1 Å². The number of nitrogens with zero attached hydrogens (tertiary/aromatic N) is 3. The van der Waals surface area contributed by atoms with Gasteiger partial charge in [-0.05, 0) is 37.3 Å². The van der Waals surface area contributed by atoms with Crippen LogP contribution in [0.4, 0.5) is 5.69 Å². The quantitative estimate of drug-likeness (QED) is 0.338. The van der Waals surface area contributed by atoms with Gasteiger partial charge in [-0.2, -0.15) is 0 Å². The molecule has 0 saturated carbocycles. The fraction of sp³-hybridized carbons (Fsp3) is 0.227. The number of hydrogen-bond donors (Lipinski definition) is 2. The van der Waals surface area contributed by atoms with Crippen molar-refractivity contribution in [2.24, 2.45) is 7.05 Å². The van der Waals surface area contributed by atoms with Crippen LogP contribution < -0.4 is 10.6 Å².